The normalized spacial score (nSPS) is 12.3. The first-order chi connectivity index (χ1) is 8.95. The lowest BCUT2D eigenvalue weighted by atomic mass is 10.1. The minimum absolute atomic E-state index is 0.0528. The van der Waals surface area contributed by atoms with Crippen LogP contribution in [-0.2, 0) is 12.6 Å². The van der Waals surface area contributed by atoms with Crippen LogP contribution >= 0.6 is 11.6 Å². The molecule has 2 aromatic heterocycles. The Morgan fingerprint density at radius 2 is 2.00 bits per heavy atom. The van der Waals surface area contributed by atoms with Crippen LogP contribution in [0.1, 0.15) is 37.7 Å². The van der Waals surface area contributed by atoms with Gasteiger partial charge < -0.3 is 0 Å². The molecule has 0 aliphatic heterocycles. The third-order valence-electron chi connectivity index (χ3n) is 2.75. The number of unbranched alkanes of at least 4 members (excludes halogenated alkanes) is 2. The summed E-state index contributed by atoms with van der Waals surface area (Å²) in [6.45, 7) is 2.02. The number of hydrogen-bond donors (Lipinski definition) is 0. The molecule has 19 heavy (non-hydrogen) atoms. The molecule has 0 atom stereocenters. The van der Waals surface area contributed by atoms with Crippen LogP contribution < -0.4 is 0 Å². The molecule has 2 heterocycles. The lowest BCUT2D eigenvalue weighted by Gasteiger charge is -2.09. The second kappa shape index (κ2) is 5.32. The fraction of sp³-hybridized carbons (Fsp3) is 0.545. The molecule has 0 unspecified atom stereocenters. The molecule has 8 heteroatoms. The molecule has 0 saturated carbocycles. The van der Waals surface area contributed by atoms with Gasteiger partial charge in [0, 0.05) is 11.9 Å². The molecule has 0 amide bonds. The molecule has 0 aliphatic rings. The number of hydrogen-bond acceptors (Lipinski definition) is 3. The van der Waals surface area contributed by atoms with E-state index in [0.717, 1.165) is 23.7 Å². The Labute approximate surface area is 112 Å². The van der Waals surface area contributed by atoms with Crippen molar-refractivity contribution >= 4 is 17.2 Å². The molecule has 0 spiro atoms. The van der Waals surface area contributed by atoms with E-state index in [-0.39, 0.29) is 10.8 Å². The van der Waals surface area contributed by atoms with Gasteiger partial charge in [0.15, 0.2) is 10.8 Å². The van der Waals surface area contributed by atoms with Crippen molar-refractivity contribution in [1.82, 2.24) is 19.6 Å². The van der Waals surface area contributed by atoms with Crippen LogP contribution in [0.25, 0.3) is 5.65 Å². The average molecular weight is 293 g/mol. The number of rotatable bonds is 4. The molecule has 0 bridgehead atoms. The number of halogens is 4. The van der Waals surface area contributed by atoms with Gasteiger partial charge in [0.1, 0.15) is 0 Å². The number of aromatic nitrogens is 4. The third-order valence-corrected chi connectivity index (χ3v) is 3.02. The minimum atomic E-state index is -4.57. The molecule has 104 valence electrons. The molecule has 2 aromatic rings. The van der Waals surface area contributed by atoms with Gasteiger partial charge in [-0.1, -0.05) is 31.4 Å². The smallest absolute Gasteiger partial charge is 0.272 e. The highest BCUT2D eigenvalue weighted by atomic mass is 35.5. The van der Waals surface area contributed by atoms with Crippen LogP contribution in [0.3, 0.4) is 0 Å². The number of aryl methyl sites for hydroxylation is 1. The van der Waals surface area contributed by atoms with E-state index in [0.29, 0.717) is 12.1 Å². The average Bonchev–Trinajstić information content (AvgIpc) is 2.77. The largest absolute Gasteiger partial charge is 0.452 e. The number of alkyl halides is 3. The first-order valence-corrected chi connectivity index (χ1v) is 6.28. The minimum Gasteiger partial charge on any atom is -0.272 e. The van der Waals surface area contributed by atoms with E-state index in [9.17, 15) is 13.2 Å². The van der Waals surface area contributed by atoms with Crippen molar-refractivity contribution in [3.05, 3.63) is 22.9 Å². The molecule has 0 fully saturated rings. The number of fused-ring (bicyclic) bond motifs is 1. The van der Waals surface area contributed by atoms with Gasteiger partial charge in [-0.05, 0) is 12.8 Å². The molecule has 2 rings (SSSR count). The monoisotopic (exact) mass is 292 g/mol. The van der Waals surface area contributed by atoms with Crippen molar-refractivity contribution in [2.24, 2.45) is 0 Å². The topological polar surface area (TPSA) is 43.1 Å². The zero-order valence-corrected chi connectivity index (χ0v) is 11.0. The van der Waals surface area contributed by atoms with Crippen molar-refractivity contribution in [2.45, 2.75) is 38.8 Å². The quantitative estimate of drug-likeness (QED) is 0.810. The zero-order chi connectivity index (χ0) is 14.0. The zero-order valence-electron chi connectivity index (χ0n) is 10.2. The van der Waals surface area contributed by atoms with Gasteiger partial charge >= 0.3 is 6.18 Å². The summed E-state index contributed by atoms with van der Waals surface area (Å²) in [5, 5.41) is 6.57. The molecular formula is C11H12ClF3N4. The summed E-state index contributed by atoms with van der Waals surface area (Å²) >= 11 is 5.75. The van der Waals surface area contributed by atoms with Crippen molar-refractivity contribution in [1.29, 1.82) is 0 Å². The van der Waals surface area contributed by atoms with E-state index in [1.807, 2.05) is 6.92 Å². The van der Waals surface area contributed by atoms with Gasteiger partial charge in [-0.2, -0.15) is 13.2 Å². The van der Waals surface area contributed by atoms with Crippen molar-refractivity contribution in [3.63, 3.8) is 0 Å². The van der Waals surface area contributed by atoms with Crippen LogP contribution in [0.2, 0.25) is 5.15 Å². The Balaban J connectivity index is 2.51. The Morgan fingerprint density at radius 1 is 1.26 bits per heavy atom. The van der Waals surface area contributed by atoms with Crippen LogP contribution in [-0.4, -0.2) is 19.6 Å². The first-order valence-electron chi connectivity index (χ1n) is 5.91. The summed E-state index contributed by atoms with van der Waals surface area (Å²) in [5.74, 6) is -1.06. The lowest BCUT2D eigenvalue weighted by molar-refractivity contribution is -0.145. The summed E-state index contributed by atoms with van der Waals surface area (Å²) in [6, 6.07) is 0. The predicted octanol–water partition coefficient (Wildman–Crippen LogP) is 3.53. The highest BCUT2D eigenvalue weighted by Crippen LogP contribution is 2.30. The highest BCUT2D eigenvalue weighted by Gasteiger charge is 2.38. The summed E-state index contributed by atoms with van der Waals surface area (Å²) in [7, 11) is 0. The fourth-order valence-corrected chi connectivity index (χ4v) is 2.02. The van der Waals surface area contributed by atoms with E-state index >= 15 is 0 Å². The Hall–Kier alpha value is -1.37. The van der Waals surface area contributed by atoms with Gasteiger partial charge in [0.05, 0.1) is 0 Å². The molecular weight excluding hydrogens is 281 g/mol. The summed E-state index contributed by atoms with van der Waals surface area (Å²) in [6.07, 6.45) is -0.0285. The van der Waals surface area contributed by atoms with Crippen molar-refractivity contribution in [2.75, 3.05) is 0 Å². The maximum atomic E-state index is 12.9. The summed E-state index contributed by atoms with van der Waals surface area (Å²) < 4.78 is 39.5. The molecule has 0 radical (unpaired) electrons. The lowest BCUT2D eigenvalue weighted by Crippen LogP contribution is -2.13. The van der Waals surface area contributed by atoms with Gasteiger partial charge in [-0.15, -0.1) is 10.2 Å². The van der Waals surface area contributed by atoms with E-state index in [1.165, 1.54) is 6.20 Å². The predicted molar refractivity (Wildman–Crippen MR) is 64.0 cm³/mol. The van der Waals surface area contributed by atoms with E-state index in [4.69, 9.17) is 11.6 Å². The highest BCUT2D eigenvalue weighted by molar-refractivity contribution is 6.32. The van der Waals surface area contributed by atoms with Gasteiger partial charge in [0.2, 0.25) is 5.82 Å². The maximum Gasteiger partial charge on any atom is 0.452 e. The molecule has 0 aromatic carbocycles. The molecule has 0 aliphatic carbocycles. The molecule has 0 saturated heterocycles. The molecule has 0 N–H and O–H groups in total. The van der Waals surface area contributed by atoms with Gasteiger partial charge in [0.25, 0.3) is 0 Å². The van der Waals surface area contributed by atoms with Crippen molar-refractivity contribution in [3.8, 4) is 0 Å². The summed E-state index contributed by atoms with van der Waals surface area (Å²) in [5.41, 5.74) is 0.369. The second-order valence-corrected chi connectivity index (χ2v) is 4.54. The Morgan fingerprint density at radius 3 is 2.63 bits per heavy atom. The van der Waals surface area contributed by atoms with Crippen LogP contribution in [0.5, 0.6) is 0 Å². The van der Waals surface area contributed by atoms with Crippen molar-refractivity contribution < 1.29 is 13.2 Å². The van der Waals surface area contributed by atoms with E-state index in [2.05, 4.69) is 15.2 Å². The van der Waals surface area contributed by atoms with Crippen LogP contribution in [0.4, 0.5) is 13.2 Å². The summed E-state index contributed by atoms with van der Waals surface area (Å²) in [4.78, 5) is 3.86. The molecule has 4 nitrogen and oxygen atoms in total. The standard InChI is InChI=1S/C11H12ClF3N4/c1-2-3-4-5-7-6-16-8(12)9-17-18-10(19(7)9)11(13,14)15/h6H,2-5H2,1H3. The van der Waals surface area contributed by atoms with Crippen LogP contribution in [0, 0.1) is 0 Å². The number of nitrogens with zero attached hydrogens (tertiary/aromatic N) is 4. The van der Waals surface area contributed by atoms with E-state index < -0.39 is 12.0 Å². The van der Waals surface area contributed by atoms with E-state index in [1.54, 1.807) is 0 Å². The van der Waals surface area contributed by atoms with Gasteiger partial charge in [-0.3, -0.25) is 4.40 Å². The third kappa shape index (κ3) is 2.80. The van der Waals surface area contributed by atoms with Gasteiger partial charge in [-0.25, -0.2) is 4.98 Å². The second-order valence-electron chi connectivity index (χ2n) is 4.18. The Kier molecular flexibility index (Phi) is 3.93. The Bertz CT molecular complexity index is 579. The fourth-order valence-electron chi connectivity index (χ4n) is 1.85. The first kappa shape index (κ1) is 14.0. The SMILES string of the molecule is CCCCCc1cnc(Cl)c2nnc(C(F)(F)F)n12. The van der Waals surface area contributed by atoms with Crippen LogP contribution in [0.15, 0.2) is 6.20 Å². The maximum absolute atomic E-state index is 12.9.